The minimum atomic E-state index is -4.87. The summed E-state index contributed by atoms with van der Waals surface area (Å²) in [7, 11) is 0. The third-order valence-electron chi connectivity index (χ3n) is 8.28. The summed E-state index contributed by atoms with van der Waals surface area (Å²) in [4.78, 5) is 0. The predicted octanol–water partition coefficient (Wildman–Crippen LogP) is 9.10. The number of benzene rings is 1. The molecule has 0 spiro atoms. The molecule has 0 aliphatic heterocycles. The zero-order chi connectivity index (χ0) is 23.1. The van der Waals surface area contributed by atoms with E-state index in [1.165, 1.54) is 76.7 Å². The van der Waals surface area contributed by atoms with E-state index in [1.54, 1.807) is 6.07 Å². The highest BCUT2D eigenvalue weighted by Gasteiger charge is 2.33. The fourth-order valence-electron chi connectivity index (χ4n) is 5.90. The molecule has 0 aromatic heterocycles. The number of halogens is 4. The normalized spacial score (nSPS) is 27.8. The first-order chi connectivity index (χ1) is 15.2. The molecule has 0 radical (unpaired) electrons. The number of hydrogen-bond donors (Lipinski definition) is 0. The third-order valence-corrected chi connectivity index (χ3v) is 8.28. The van der Waals surface area contributed by atoms with Crippen molar-refractivity contribution in [3.8, 4) is 5.75 Å². The highest BCUT2D eigenvalue weighted by Crippen LogP contribution is 2.43. The Morgan fingerprint density at radius 3 is 1.97 bits per heavy atom. The second-order valence-electron chi connectivity index (χ2n) is 10.5. The van der Waals surface area contributed by atoms with E-state index in [0.29, 0.717) is 12.3 Å². The van der Waals surface area contributed by atoms with Crippen molar-refractivity contribution >= 4 is 0 Å². The van der Waals surface area contributed by atoms with Crippen LogP contribution in [0.4, 0.5) is 17.6 Å². The lowest BCUT2D eigenvalue weighted by Crippen LogP contribution is -2.26. The molecule has 1 unspecified atom stereocenters. The lowest BCUT2D eigenvalue weighted by Gasteiger charge is -2.38. The highest BCUT2D eigenvalue weighted by molar-refractivity contribution is 5.29. The maximum atomic E-state index is 13.9. The molecule has 3 rings (SSSR count). The minimum Gasteiger partial charge on any atom is -0.403 e. The standard InChI is InChI=1S/C27H40F4O/c1-3-19(2)4-5-20-8-13-23(14-9-20)24-15-10-21(11-16-24)6-7-22-12-17-26(25(28)18-22)32-27(29,30)31/h12,17-21,23-24H,3-11,13-16H2,1-2H3. The van der Waals surface area contributed by atoms with E-state index >= 15 is 0 Å². The molecule has 2 fully saturated rings. The topological polar surface area (TPSA) is 9.23 Å². The van der Waals surface area contributed by atoms with Crippen molar-refractivity contribution in [1.29, 1.82) is 0 Å². The van der Waals surface area contributed by atoms with Gasteiger partial charge >= 0.3 is 6.36 Å². The van der Waals surface area contributed by atoms with Gasteiger partial charge in [-0.15, -0.1) is 13.2 Å². The molecule has 2 aliphatic carbocycles. The lowest BCUT2D eigenvalue weighted by atomic mass is 9.68. The van der Waals surface area contributed by atoms with E-state index in [-0.39, 0.29) is 0 Å². The molecule has 0 heterocycles. The van der Waals surface area contributed by atoms with Crippen molar-refractivity contribution in [2.75, 3.05) is 0 Å². The highest BCUT2D eigenvalue weighted by atomic mass is 19.4. The van der Waals surface area contributed by atoms with E-state index in [2.05, 4.69) is 18.6 Å². The SMILES string of the molecule is CCC(C)CCC1CCC(C2CCC(CCc3ccc(OC(F)(F)F)c(F)c3)CC2)CC1. The molecule has 2 aliphatic rings. The smallest absolute Gasteiger partial charge is 0.403 e. The van der Waals surface area contributed by atoms with E-state index in [9.17, 15) is 17.6 Å². The Balaban J connectivity index is 1.35. The summed E-state index contributed by atoms with van der Waals surface area (Å²) in [6.45, 7) is 4.66. The van der Waals surface area contributed by atoms with Gasteiger partial charge in [-0.1, -0.05) is 64.9 Å². The largest absolute Gasteiger partial charge is 0.573 e. The van der Waals surface area contributed by atoms with Gasteiger partial charge in [0, 0.05) is 0 Å². The quantitative estimate of drug-likeness (QED) is 0.337. The monoisotopic (exact) mass is 456 g/mol. The first-order valence-corrected chi connectivity index (χ1v) is 12.8. The van der Waals surface area contributed by atoms with Crippen LogP contribution in [0.5, 0.6) is 5.75 Å². The Morgan fingerprint density at radius 2 is 1.47 bits per heavy atom. The van der Waals surface area contributed by atoms with Crippen molar-refractivity contribution in [3.63, 3.8) is 0 Å². The van der Waals surface area contributed by atoms with Crippen molar-refractivity contribution in [3.05, 3.63) is 29.6 Å². The number of hydrogen-bond acceptors (Lipinski definition) is 1. The molecule has 32 heavy (non-hydrogen) atoms. The van der Waals surface area contributed by atoms with Gasteiger partial charge in [-0.3, -0.25) is 0 Å². The number of ether oxygens (including phenoxy) is 1. The van der Waals surface area contributed by atoms with E-state index < -0.39 is 17.9 Å². The summed E-state index contributed by atoms with van der Waals surface area (Å²) >= 11 is 0. The zero-order valence-corrected chi connectivity index (χ0v) is 19.7. The van der Waals surface area contributed by atoms with Gasteiger partial charge in [0.15, 0.2) is 11.6 Å². The van der Waals surface area contributed by atoms with Gasteiger partial charge in [-0.05, 0) is 85.8 Å². The molecule has 0 amide bonds. The summed E-state index contributed by atoms with van der Waals surface area (Å²) < 4.78 is 54.5. The molecular formula is C27H40F4O. The Hall–Kier alpha value is -1.26. The Kier molecular flexibility index (Phi) is 9.31. The lowest BCUT2D eigenvalue weighted by molar-refractivity contribution is -0.275. The molecule has 1 aromatic rings. The predicted molar refractivity (Wildman–Crippen MR) is 121 cm³/mol. The van der Waals surface area contributed by atoms with Crippen molar-refractivity contribution in [2.45, 2.75) is 104 Å². The second-order valence-corrected chi connectivity index (χ2v) is 10.5. The molecule has 182 valence electrons. The molecule has 0 N–H and O–H groups in total. The minimum absolute atomic E-state index is 0.646. The molecule has 0 saturated heterocycles. The van der Waals surface area contributed by atoms with Crippen LogP contribution in [0.15, 0.2) is 18.2 Å². The van der Waals surface area contributed by atoms with E-state index in [0.717, 1.165) is 41.7 Å². The van der Waals surface area contributed by atoms with Crippen LogP contribution >= 0.6 is 0 Å². The van der Waals surface area contributed by atoms with Gasteiger partial charge in [0.25, 0.3) is 0 Å². The summed E-state index contributed by atoms with van der Waals surface area (Å²) in [6.07, 6.45) is 11.6. The molecule has 1 aromatic carbocycles. The van der Waals surface area contributed by atoms with Crippen molar-refractivity contribution < 1.29 is 22.3 Å². The van der Waals surface area contributed by atoms with Crippen LogP contribution in [0.3, 0.4) is 0 Å². The summed E-state index contributed by atoms with van der Waals surface area (Å²) in [5.41, 5.74) is 0.745. The van der Waals surface area contributed by atoms with Crippen LogP contribution in [0.25, 0.3) is 0 Å². The molecule has 1 atom stereocenters. The maximum Gasteiger partial charge on any atom is 0.573 e. The average molecular weight is 457 g/mol. The fourth-order valence-corrected chi connectivity index (χ4v) is 5.90. The second kappa shape index (κ2) is 11.7. The molecule has 0 bridgehead atoms. The zero-order valence-electron chi connectivity index (χ0n) is 19.7. The molecule has 1 nitrogen and oxygen atoms in total. The van der Waals surface area contributed by atoms with Gasteiger partial charge in [-0.25, -0.2) is 4.39 Å². The van der Waals surface area contributed by atoms with Gasteiger partial charge < -0.3 is 4.74 Å². The number of rotatable bonds is 9. The van der Waals surface area contributed by atoms with Crippen LogP contribution in [-0.4, -0.2) is 6.36 Å². The Labute approximate surface area is 191 Å². The van der Waals surface area contributed by atoms with Crippen molar-refractivity contribution in [1.82, 2.24) is 0 Å². The number of aryl methyl sites for hydroxylation is 1. The summed E-state index contributed by atoms with van der Waals surface area (Å²) in [5.74, 6) is 2.55. The van der Waals surface area contributed by atoms with Gasteiger partial charge in [0.05, 0.1) is 0 Å². The van der Waals surface area contributed by atoms with E-state index in [4.69, 9.17) is 0 Å². The Bertz CT molecular complexity index is 685. The first-order valence-electron chi connectivity index (χ1n) is 12.8. The van der Waals surface area contributed by atoms with Gasteiger partial charge in [0.2, 0.25) is 0 Å². The fraction of sp³-hybridized carbons (Fsp3) is 0.778. The first kappa shape index (κ1) is 25.4. The Morgan fingerprint density at radius 1 is 0.906 bits per heavy atom. The maximum absolute atomic E-state index is 13.9. The summed E-state index contributed by atoms with van der Waals surface area (Å²) in [6, 6.07) is 3.83. The van der Waals surface area contributed by atoms with Crippen LogP contribution in [0.1, 0.15) is 96.5 Å². The van der Waals surface area contributed by atoms with Crippen LogP contribution in [0, 0.1) is 35.4 Å². The molecule has 5 heteroatoms. The number of alkyl halides is 3. The van der Waals surface area contributed by atoms with Crippen molar-refractivity contribution in [2.24, 2.45) is 29.6 Å². The molecule has 2 saturated carbocycles. The van der Waals surface area contributed by atoms with Gasteiger partial charge in [0.1, 0.15) is 0 Å². The van der Waals surface area contributed by atoms with Crippen LogP contribution < -0.4 is 4.74 Å². The van der Waals surface area contributed by atoms with Crippen LogP contribution in [0.2, 0.25) is 0 Å². The van der Waals surface area contributed by atoms with Crippen LogP contribution in [-0.2, 0) is 6.42 Å². The molecular weight excluding hydrogens is 416 g/mol. The third kappa shape index (κ3) is 7.95. The van der Waals surface area contributed by atoms with E-state index in [1.807, 2.05) is 0 Å². The average Bonchev–Trinajstić information content (AvgIpc) is 2.77. The summed E-state index contributed by atoms with van der Waals surface area (Å²) in [5, 5.41) is 0. The van der Waals surface area contributed by atoms with Gasteiger partial charge in [-0.2, -0.15) is 0 Å².